The van der Waals surface area contributed by atoms with Gasteiger partial charge in [0.15, 0.2) is 0 Å². The molecule has 0 aromatic carbocycles. The first-order chi connectivity index (χ1) is 6.57. The van der Waals surface area contributed by atoms with Gasteiger partial charge in [-0.3, -0.25) is 5.32 Å². The molecule has 0 amide bonds. The van der Waals surface area contributed by atoms with E-state index in [9.17, 15) is 5.11 Å². The Bertz CT molecular complexity index is 219. The van der Waals surface area contributed by atoms with E-state index in [0.717, 1.165) is 0 Å². The Morgan fingerprint density at radius 1 is 1.36 bits per heavy atom. The summed E-state index contributed by atoms with van der Waals surface area (Å²) in [6.07, 6.45) is 6.56. The predicted octanol–water partition coefficient (Wildman–Crippen LogP) is 1.15. The SMILES string of the molecule is C=C(/C=C\C=C\NC)C(O)NC(C)C. The lowest BCUT2D eigenvalue weighted by Gasteiger charge is -2.15. The fraction of sp³-hybridized carbons (Fsp3) is 0.455. The molecule has 1 unspecified atom stereocenters. The van der Waals surface area contributed by atoms with Crippen LogP contribution in [0, 0.1) is 0 Å². The first-order valence-electron chi connectivity index (χ1n) is 4.71. The Morgan fingerprint density at radius 2 is 2.00 bits per heavy atom. The summed E-state index contributed by atoms with van der Waals surface area (Å²) in [6.45, 7) is 7.70. The summed E-state index contributed by atoms with van der Waals surface area (Å²) in [5, 5.41) is 15.4. The normalized spacial score (nSPS) is 14.1. The molecule has 0 aliphatic carbocycles. The van der Waals surface area contributed by atoms with Gasteiger partial charge in [-0.05, 0) is 31.7 Å². The van der Waals surface area contributed by atoms with Gasteiger partial charge >= 0.3 is 0 Å². The van der Waals surface area contributed by atoms with Crippen LogP contribution in [0.4, 0.5) is 0 Å². The van der Waals surface area contributed by atoms with Crippen molar-refractivity contribution >= 4 is 0 Å². The van der Waals surface area contributed by atoms with E-state index in [0.29, 0.717) is 5.57 Å². The fourth-order valence-electron chi connectivity index (χ4n) is 0.845. The molecule has 1 atom stereocenters. The second kappa shape index (κ2) is 7.35. The van der Waals surface area contributed by atoms with E-state index in [2.05, 4.69) is 17.2 Å². The van der Waals surface area contributed by atoms with Crippen molar-refractivity contribution in [1.29, 1.82) is 0 Å². The largest absolute Gasteiger partial charge is 0.394 e. The van der Waals surface area contributed by atoms with Crippen LogP contribution in [0.25, 0.3) is 0 Å². The van der Waals surface area contributed by atoms with Crippen molar-refractivity contribution < 1.29 is 5.11 Å². The molecule has 0 spiro atoms. The Balaban J connectivity index is 3.94. The summed E-state index contributed by atoms with van der Waals surface area (Å²) in [6, 6.07) is 0.239. The molecule has 0 aliphatic rings. The molecule has 0 heterocycles. The predicted molar refractivity (Wildman–Crippen MR) is 60.8 cm³/mol. The summed E-state index contributed by atoms with van der Waals surface area (Å²) in [5.41, 5.74) is 0.652. The summed E-state index contributed by atoms with van der Waals surface area (Å²) < 4.78 is 0. The van der Waals surface area contributed by atoms with Crippen molar-refractivity contribution in [2.45, 2.75) is 26.1 Å². The van der Waals surface area contributed by atoms with Crippen LogP contribution in [0.1, 0.15) is 13.8 Å². The van der Waals surface area contributed by atoms with E-state index in [1.807, 2.05) is 33.0 Å². The van der Waals surface area contributed by atoms with E-state index in [1.54, 1.807) is 12.3 Å². The van der Waals surface area contributed by atoms with Gasteiger partial charge in [-0.1, -0.05) is 18.7 Å². The standard InChI is InChI=1S/C11H20N2O/c1-9(2)13-11(14)10(3)7-5-6-8-12-4/h5-9,11-14H,3H2,1-2,4H3/b7-5-,8-6+. The monoisotopic (exact) mass is 196 g/mol. The summed E-state index contributed by atoms with van der Waals surface area (Å²) in [4.78, 5) is 0. The van der Waals surface area contributed by atoms with Crippen LogP contribution in [0.15, 0.2) is 36.6 Å². The van der Waals surface area contributed by atoms with Crippen LogP contribution < -0.4 is 10.6 Å². The molecular formula is C11H20N2O. The molecule has 0 saturated heterocycles. The highest BCUT2D eigenvalue weighted by molar-refractivity contribution is 5.21. The molecule has 3 nitrogen and oxygen atoms in total. The van der Waals surface area contributed by atoms with Crippen molar-refractivity contribution in [2.75, 3.05) is 7.05 Å². The highest BCUT2D eigenvalue weighted by Gasteiger charge is 2.05. The molecule has 0 aromatic heterocycles. The van der Waals surface area contributed by atoms with Gasteiger partial charge in [-0.15, -0.1) is 0 Å². The van der Waals surface area contributed by atoms with Crippen LogP contribution in [0.5, 0.6) is 0 Å². The van der Waals surface area contributed by atoms with Crippen LogP contribution in [0.2, 0.25) is 0 Å². The van der Waals surface area contributed by atoms with Crippen molar-refractivity contribution in [2.24, 2.45) is 0 Å². The van der Waals surface area contributed by atoms with E-state index < -0.39 is 6.23 Å². The number of aliphatic hydroxyl groups excluding tert-OH is 1. The van der Waals surface area contributed by atoms with E-state index in [4.69, 9.17) is 0 Å². The molecule has 0 fully saturated rings. The van der Waals surface area contributed by atoms with Crippen LogP contribution in [0.3, 0.4) is 0 Å². The number of aliphatic hydroxyl groups is 1. The Hall–Kier alpha value is -1.06. The highest BCUT2D eigenvalue weighted by Crippen LogP contribution is 1.99. The van der Waals surface area contributed by atoms with Crippen molar-refractivity contribution in [3.05, 3.63) is 36.6 Å². The van der Waals surface area contributed by atoms with E-state index >= 15 is 0 Å². The van der Waals surface area contributed by atoms with Crippen molar-refractivity contribution in [3.63, 3.8) is 0 Å². The Kier molecular flexibility index (Phi) is 6.80. The molecule has 0 saturated carbocycles. The van der Waals surface area contributed by atoms with Gasteiger partial charge < -0.3 is 10.4 Å². The maximum atomic E-state index is 9.54. The van der Waals surface area contributed by atoms with Crippen LogP contribution in [-0.2, 0) is 0 Å². The van der Waals surface area contributed by atoms with Gasteiger partial charge in [0.1, 0.15) is 6.23 Å². The zero-order valence-electron chi connectivity index (χ0n) is 9.12. The highest BCUT2D eigenvalue weighted by atomic mass is 16.3. The molecule has 14 heavy (non-hydrogen) atoms. The summed E-state index contributed by atoms with van der Waals surface area (Å²) >= 11 is 0. The van der Waals surface area contributed by atoms with E-state index in [1.165, 1.54) is 0 Å². The zero-order valence-corrected chi connectivity index (χ0v) is 9.12. The molecule has 3 N–H and O–H groups in total. The second-order valence-electron chi connectivity index (χ2n) is 3.31. The topological polar surface area (TPSA) is 44.3 Å². The molecule has 0 aliphatic heterocycles. The van der Waals surface area contributed by atoms with Crippen LogP contribution in [-0.4, -0.2) is 24.4 Å². The molecule has 80 valence electrons. The Morgan fingerprint density at radius 3 is 2.50 bits per heavy atom. The number of hydrogen-bond donors (Lipinski definition) is 3. The molecule has 0 aromatic rings. The average Bonchev–Trinajstić information content (AvgIpc) is 2.11. The second-order valence-corrected chi connectivity index (χ2v) is 3.31. The minimum absolute atomic E-state index is 0.239. The lowest BCUT2D eigenvalue weighted by atomic mass is 10.2. The maximum Gasteiger partial charge on any atom is 0.130 e. The van der Waals surface area contributed by atoms with Crippen LogP contribution >= 0.6 is 0 Å². The number of rotatable bonds is 6. The van der Waals surface area contributed by atoms with Gasteiger partial charge in [-0.25, -0.2) is 0 Å². The quantitative estimate of drug-likeness (QED) is 0.441. The lowest BCUT2D eigenvalue weighted by molar-refractivity contribution is 0.166. The van der Waals surface area contributed by atoms with Gasteiger partial charge in [0, 0.05) is 13.1 Å². The van der Waals surface area contributed by atoms with Gasteiger partial charge in [-0.2, -0.15) is 0 Å². The van der Waals surface area contributed by atoms with Gasteiger partial charge in [0.05, 0.1) is 0 Å². The van der Waals surface area contributed by atoms with E-state index in [-0.39, 0.29) is 6.04 Å². The van der Waals surface area contributed by atoms with Crippen molar-refractivity contribution in [1.82, 2.24) is 10.6 Å². The zero-order chi connectivity index (χ0) is 11.0. The number of nitrogens with one attached hydrogen (secondary N) is 2. The number of allylic oxidation sites excluding steroid dienone is 2. The maximum absolute atomic E-state index is 9.54. The molecular weight excluding hydrogens is 176 g/mol. The smallest absolute Gasteiger partial charge is 0.130 e. The molecule has 0 radical (unpaired) electrons. The summed E-state index contributed by atoms with van der Waals surface area (Å²) in [7, 11) is 1.83. The average molecular weight is 196 g/mol. The minimum atomic E-state index is -0.672. The molecule has 3 heteroatoms. The van der Waals surface area contributed by atoms with Crippen molar-refractivity contribution in [3.8, 4) is 0 Å². The van der Waals surface area contributed by atoms with Gasteiger partial charge in [0.2, 0.25) is 0 Å². The third kappa shape index (κ3) is 6.46. The number of hydrogen-bond acceptors (Lipinski definition) is 3. The minimum Gasteiger partial charge on any atom is -0.394 e. The summed E-state index contributed by atoms with van der Waals surface area (Å²) in [5.74, 6) is 0. The lowest BCUT2D eigenvalue weighted by Crippen LogP contribution is -2.35. The third-order valence-electron chi connectivity index (χ3n) is 1.53. The first-order valence-corrected chi connectivity index (χ1v) is 4.71. The Labute approximate surface area is 86.2 Å². The fourth-order valence-corrected chi connectivity index (χ4v) is 0.845. The first kappa shape index (κ1) is 12.9. The van der Waals surface area contributed by atoms with Gasteiger partial charge in [0.25, 0.3) is 0 Å². The third-order valence-corrected chi connectivity index (χ3v) is 1.53. The molecule has 0 rings (SSSR count). The molecule has 0 bridgehead atoms.